The lowest BCUT2D eigenvalue weighted by atomic mass is 10.1. The summed E-state index contributed by atoms with van der Waals surface area (Å²) in [6, 6.07) is 5.11. The number of ketones is 1. The quantitative estimate of drug-likeness (QED) is 0.795. The predicted molar refractivity (Wildman–Crippen MR) is 61.8 cm³/mol. The van der Waals surface area contributed by atoms with Gasteiger partial charge in [0.05, 0.1) is 18.2 Å². The number of carbonyl (C=O) groups is 2. The van der Waals surface area contributed by atoms with Gasteiger partial charge in [-0.1, -0.05) is 12.1 Å². The molecule has 0 aliphatic heterocycles. The van der Waals surface area contributed by atoms with E-state index in [2.05, 4.69) is 4.98 Å². The molecule has 1 aromatic carbocycles. The Morgan fingerprint density at radius 3 is 2.59 bits per heavy atom. The van der Waals surface area contributed by atoms with Crippen LogP contribution in [0.4, 0.5) is 0 Å². The van der Waals surface area contributed by atoms with Crippen LogP contribution in [0.5, 0.6) is 5.75 Å². The van der Waals surface area contributed by atoms with E-state index in [1.165, 1.54) is 14.0 Å². The van der Waals surface area contributed by atoms with Crippen LogP contribution in [0.25, 0.3) is 10.9 Å². The van der Waals surface area contributed by atoms with Gasteiger partial charge in [0.2, 0.25) is 0 Å². The first-order valence-electron chi connectivity index (χ1n) is 4.99. The van der Waals surface area contributed by atoms with Crippen molar-refractivity contribution in [3.8, 4) is 5.75 Å². The van der Waals surface area contributed by atoms with E-state index in [0.29, 0.717) is 16.7 Å². The highest BCUT2D eigenvalue weighted by Crippen LogP contribution is 2.29. The third kappa shape index (κ3) is 1.65. The van der Waals surface area contributed by atoms with E-state index in [4.69, 9.17) is 9.84 Å². The van der Waals surface area contributed by atoms with Gasteiger partial charge in [0.1, 0.15) is 11.4 Å². The number of aromatic nitrogens is 1. The van der Waals surface area contributed by atoms with Gasteiger partial charge in [0.15, 0.2) is 5.78 Å². The Hall–Kier alpha value is -2.30. The number of methoxy groups -OCH3 is 1. The highest BCUT2D eigenvalue weighted by Gasteiger charge is 2.21. The summed E-state index contributed by atoms with van der Waals surface area (Å²) in [4.78, 5) is 25.3. The summed E-state index contributed by atoms with van der Waals surface area (Å²) in [5.74, 6) is -0.937. The van der Waals surface area contributed by atoms with Crippen molar-refractivity contribution in [3.63, 3.8) is 0 Å². The highest BCUT2D eigenvalue weighted by molar-refractivity contribution is 6.15. The Morgan fingerprint density at radius 1 is 1.35 bits per heavy atom. The summed E-state index contributed by atoms with van der Waals surface area (Å²) in [6.07, 6.45) is 0. The number of aromatic carboxylic acids is 1. The minimum Gasteiger partial charge on any atom is -0.495 e. The van der Waals surface area contributed by atoms with Gasteiger partial charge < -0.3 is 14.8 Å². The number of para-hydroxylation sites is 1. The van der Waals surface area contributed by atoms with E-state index in [-0.39, 0.29) is 17.0 Å². The van der Waals surface area contributed by atoms with Crippen LogP contribution in [0, 0.1) is 0 Å². The highest BCUT2D eigenvalue weighted by atomic mass is 16.5. The van der Waals surface area contributed by atoms with Gasteiger partial charge in [0, 0.05) is 5.39 Å². The van der Waals surface area contributed by atoms with E-state index in [0.717, 1.165) is 0 Å². The maximum Gasteiger partial charge on any atom is 0.353 e. The Morgan fingerprint density at radius 2 is 2.06 bits per heavy atom. The maximum absolute atomic E-state index is 11.5. The number of carboxylic acids is 1. The average molecular weight is 233 g/mol. The van der Waals surface area contributed by atoms with Crippen molar-refractivity contribution in [3.05, 3.63) is 29.5 Å². The monoisotopic (exact) mass is 233 g/mol. The molecule has 2 rings (SSSR count). The van der Waals surface area contributed by atoms with Gasteiger partial charge in [-0.25, -0.2) is 4.79 Å². The predicted octanol–water partition coefficient (Wildman–Crippen LogP) is 2.08. The second-order valence-corrected chi connectivity index (χ2v) is 3.62. The fourth-order valence-electron chi connectivity index (χ4n) is 1.89. The number of H-pyrrole nitrogens is 1. The standard InChI is InChI=1S/C12H11NO4/c1-6(14)9-7-4-3-5-8(17-2)10(7)13-11(9)12(15)16/h3-5,13H,1-2H3,(H,15,16). The Kier molecular flexibility index (Phi) is 2.59. The molecule has 2 aromatic rings. The molecule has 1 aromatic heterocycles. The van der Waals surface area contributed by atoms with E-state index in [1.54, 1.807) is 18.2 Å². The molecule has 0 radical (unpaired) electrons. The average Bonchev–Trinajstić information content (AvgIpc) is 2.67. The molecule has 5 heteroatoms. The first-order chi connectivity index (χ1) is 8.06. The third-order valence-electron chi connectivity index (χ3n) is 2.58. The van der Waals surface area contributed by atoms with Crippen LogP contribution in [0.3, 0.4) is 0 Å². The summed E-state index contributed by atoms with van der Waals surface area (Å²) in [6.45, 7) is 1.34. The molecule has 0 amide bonds. The summed E-state index contributed by atoms with van der Waals surface area (Å²) in [7, 11) is 1.49. The number of benzene rings is 1. The number of carboxylic acid groups (broad SMARTS) is 1. The number of Topliss-reactive ketones (excluding diaryl/α,β-unsaturated/α-hetero) is 1. The minimum atomic E-state index is -1.16. The zero-order chi connectivity index (χ0) is 12.6. The molecule has 88 valence electrons. The fraction of sp³-hybridized carbons (Fsp3) is 0.167. The number of fused-ring (bicyclic) bond motifs is 1. The molecule has 0 bridgehead atoms. The zero-order valence-corrected chi connectivity index (χ0v) is 9.40. The molecular weight excluding hydrogens is 222 g/mol. The van der Waals surface area contributed by atoms with Crippen LogP contribution in [-0.2, 0) is 0 Å². The number of hydrogen-bond acceptors (Lipinski definition) is 3. The van der Waals surface area contributed by atoms with Crippen molar-refractivity contribution in [2.75, 3.05) is 7.11 Å². The number of carbonyl (C=O) groups excluding carboxylic acids is 1. The number of hydrogen-bond donors (Lipinski definition) is 2. The van der Waals surface area contributed by atoms with Crippen LogP contribution in [0.15, 0.2) is 18.2 Å². The largest absolute Gasteiger partial charge is 0.495 e. The second-order valence-electron chi connectivity index (χ2n) is 3.62. The van der Waals surface area contributed by atoms with E-state index in [9.17, 15) is 9.59 Å². The molecular formula is C12H11NO4. The lowest BCUT2D eigenvalue weighted by Gasteiger charge is -2.00. The summed E-state index contributed by atoms with van der Waals surface area (Å²) in [5.41, 5.74) is 0.612. The lowest BCUT2D eigenvalue weighted by molar-refractivity contribution is 0.0687. The van der Waals surface area contributed by atoms with Crippen molar-refractivity contribution in [1.29, 1.82) is 0 Å². The minimum absolute atomic E-state index is 0.1000. The van der Waals surface area contributed by atoms with Crippen LogP contribution in [-0.4, -0.2) is 29.0 Å². The van der Waals surface area contributed by atoms with Crippen molar-refractivity contribution in [2.45, 2.75) is 6.92 Å². The van der Waals surface area contributed by atoms with Crippen molar-refractivity contribution in [1.82, 2.24) is 4.98 Å². The first kappa shape index (κ1) is 11.2. The number of rotatable bonds is 3. The summed E-state index contributed by atoms with van der Waals surface area (Å²) in [5, 5.41) is 9.62. The molecule has 0 unspecified atom stereocenters. The maximum atomic E-state index is 11.5. The molecule has 5 nitrogen and oxygen atoms in total. The third-order valence-corrected chi connectivity index (χ3v) is 2.58. The fourth-order valence-corrected chi connectivity index (χ4v) is 1.89. The van der Waals surface area contributed by atoms with Crippen LogP contribution < -0.4 is 4.74 Å². The smallest absolute Gasteiger partial charge is 0.353 e. The van der Waals surface area contributed by atoms with Crippen LogP contribution in [0.1, 0.15) is 27.8 Å². The van der Waals surface area contributed by atoms with Crippen molar-refractivity contribution >= 4 is 22.7 Å². The molecule has 0 saturated carbocycles. The summed E-state index contributed by atoms with van der Waals surface area (Å²) < 4.78 is 5.12. The molecule has 0 saturated heterocycles. The van der Waals surface area contributed by atoms with Gasteiger partial charge in [-0.2, -0.15) is 0 Å². The summed E-state index contributed by atoms with van der Waals surface area (Å²) >= 11 is 0. The van der Waals surface area contributed by atoms with Crippen LogP contribution in [0.2, 0.25) is 0 Å². The molecule has 1 heterocycles. The molecule has 0 aliphatic rings. The SMILES string of the molecule is COc1cccc2c(C(C)=O)c(C(=O)O)[nH]c12. The van der Waals surface area contributed by atoms with E-state index in [1.807, 2.05) is 0 Å². The lowest BCUT2D eigenvalue weighted by Crippen LogP contribution is -2.04. The Labute approximate surface area is 97.0 Å². The van der Waals surface area contributed by atoms with E-state index >= 15 is 0 Å². The molecule has 0 spiro atoms. The number of ether oxygens (including phenoxy) is 1. The first-order valence-corrected chi connectivity index (χ1v) is 4.99. The van der Waals surface area contributed by atoms with Gasteiger partial charge in [-0.3, -0.25) is 4.79 Å². The van der Waals surface area contributed by atoms with Gasteiger partial charge in [0.25, 0.3) is 0 Å². The Bertz CT molecular complexity index is 612. The van der Waals surface area contributed by atoms with Gasteiger partial charge >= 0.3 is 5.97 Å². The zero-order valence-electron chi connectivity index (χ0n) is 9.40. The molecule has 0 aliphatic carbocycles. The number of nitrogens with one attached hydrogen (secondary N) is 1. The molecule has 2 N–H and O–H groups in total. The topological polar surface area (TPSA) is 79.4 Å². The van der Waals surface area contributed by atoms with Gasteiger partial charge in [-0.15, -0.1) is 0 Å². The van der Waals surface area contributed by atoms with Crippen molar-refractivity contribution < 1.29 is 19.4 Å². The van der Waals surface area contributed by atoms with Crippen molar-refractivity contribution in [2.24, 2.45) is 0 Å². The molecule has 17 heavy (non-hydrogen) atoms. The Balaban J connectivity index is 2.88. The molecule has 0 fully saturated rings. The number of aromatic amines is 1. The second kappa shape index (κ2) is 3.93. The van der Waals surface area contributed by atoms with Gasteiger partial charge in [-0.05, 0) is 13.0 Å². The van der Waals surface area contributed by atoms with Crippen LogP contribution >= 0.6 is 0 Å². The normalized spacial score (nSPS) is 10.5. The molecule has 0 atom stereocenters. The van der Waals surface area contributed by atoms with E-state index < -0.39 is 5.97 Å².